The van der Waals surface area contributed by atoms with Crippen molar-refractivity contribution in [3.05, 3.63) is 52.8 Å². The second-order valence-electron chi connectivity index (χ2n) is 5.02. The highest BCUT2D eigenvalue weighted by Gasteiger charge is 2.17. The number of halogens is 1. The predicted molar refractivity (Wildman–Crippen MR) is 92.3 cm³/mol. The molecule has 1 aliphatic heterocycles. The van der Waals surface area contributed by atoms with Crippen LogP contribution in [0.1, 0.15) is 11.1 Å². The molecular weight excluding hydrogens is 318 g/mol. The lowest BCUT2D eigenvalue weighted by Gasteiger charge is -2.05. The van der Waals surface area contributed by atoms with Crippen LogP contribution in [0.2, 0.25) is 5.15 Å². The number of anilines is 1. The Morgan fingerprint density at radius 1 is 1.41 bits per heavy atom. The zero-order valence-corrected chi connectivity index (χ0v) is 13.5. The van der Waals surface area contributed by atoms with Gasteiger partial charge in [0, 0.05) is 12.1 Å². The maximum Gasteiger partial charge on any atom is 0.234 e. The van der Waals surface area contributed by atoms with Crippen molar-refractivity contribution in [2.24, 2.45) is 4.99 Å². The van der Waals surface area contributed by atoms with Crippen molar-refractivity contribution in [3.8, 4) is 0 Å². The van der Waals surface area contributed by atoms with E-state index in [1.165, 1.54) is 11.8 Å². The Morgan fingerprint density at radius 2 is 2.27 bits per heavy atom. The van der Waals surface area contributed by atoms with Crippen LogP contribution in [0.5, 0.6) is 0 Å². The van der Waals surface area contributed by atoms with Crippen molar-refractivity contribution in [2.75, 3.05) is 11.1 Å². The Hall–Kier alpha value is -1.85. The fourth-order valence-corrected chi connectivity index (χ4v) is 3.16. The van der Waals surface area contributed by atoms with Gasteiger partial charge >= 0.3 is 0 Å². The van der Waals surface area contributed by atoms with E-state index in [9.17, 15) is 4.79 Å². The topological polar surface area (TPSA) is 54.4 Å². The molecule has 0 radical (unpaired) electrons. The number of amides is 1. The molecular formula is C16H14ClN3OS. The summed E-state index contributed by atoms with van der Waals surface area (Å²) in [6.07, 6.45) is 2.37. The Morgan fingerprint density at radius 3 is 3.09 bits per heavy atom. The summed E-state index contributed by atoms with van der Waals surface area (Å²) in [7, 11) is 0. The summed E-state index contributed by atoms with van der Waals surface area (Å²) in [5.41, 5.74) is 3.83. The van der Waals surface area contributed by atoms with Gasteiger partial charge in [-0.2, -0.15) is 0 Å². The fraction of sp³-hybridized carbons (Fsp3) is 0.188. The molecule has 3 rings (SSSR count). The van der Waals surface area contributed by atoms with Gasteiger partial charge in [0.15, 0.2) is 0 Å². The number of aromatic nitrogens is 1. The molecule has 0 fully saturated rings. The molecule has 6 heteroatoms. The molecule has 4 nitrogen and oxygen atoms in total. The minimum Gasteiger partial charge on any atom is -0.325 e. The number of nitrogens with one attached hydrogen (secondary N) is 1. The number of aliphatic imine (C=N–C) groups is 1. The van der Waals surface area contributed by atoms with Crippen molar-refractivity contribution in [1.29, 1.82) is 0 Å². The van der Waals surface area contributed by atoms with Crippen molar-refractivity contribution in [3.63, 3.8) is 0 Å². The molecule has 0 spiro atoms. The summed E-state index contributed by atoms with van der Waals surface area (Å²) in [6.45, 7) is 1.99. The number of carbonyl (C=O) groups excluding carboxylic acids is 1. The number of rotatable bonds is 3. The van der Waals surface area contributed by atoms with E-state index in [1.54, 1.807) is 6.20 Å². The Kier molecular flexibility index (Phi) is 4.45. The molecule has 0 aliphatic carbocycles. The summed E-state index contributed by atoms with van der Waals surface area (Å²) < 4.78 is 0. The van der Waals surface area contributed by atoms with Crippen LogP contribution in [-0.4, -0.2) is 21.7 Å². The van der Waals surface area contributed by atoms with Gasteiger partial charge in [0.25, 0.3) is 0 Å². The maximum absolute atomic E-state index is 12.0. The molecule has 112 valence electrons. The van der Waals surface area contributed by atoms with Gasteiger partial charge in [-0.1, -0.05) is 23.7 Å². The minimum atomic E-state index is -0.0367. The average molecular weight is 332 g/mol. The van der Waals surface area contributed by atoms with E-state index in [-0.39, 0.29) is 5.91 Å². The molecule has 1 N–H and O–H groups in total. The van der Waals surface area contributed by atoms with Crippen LogP contribution in [0.25, 0.3) is 0 Å². The standard InChI is InChI=1S/C16H14ClN3OS/c1-10-3-2-4-12(5-10)19-15(21)9-22-16-7-11-6-14(17)18-8-13(11)20-16/h2-6,8H,7,9H2,1H3,(H,19,21). The molecule has 1 amide bonds. The van der Waals surface area contributed by atoms with Gasteiger partial charge < -0.3 is 5.32 Å². The third kappa shape index (κ3) is 3.67. The zero-order valence-electron chi connectivity index (χ0n) is 12.0. The largest absolute Gasteiger partial charge is 0.325 e. The van der Waals surface area contributed by atoms with Crippen LogP contribution in [0.3, 0.4) is 0 Å². The number of nitrogens with zero attached hydrogens (tertiary/aromatic N) is 2. The maximum atomic E-state index is 12.0. The Balaban J connectivity index is 1.54. The Labute approximate surface area is 138 Å². The van der Waals surface area contributed by atoms with E-state index >= 15 is 0 Å². The number of hydrogen-bond acceptors (Lipinski definition) is 4. The summed E-state index contributed by atoms with van der Waals surface area (Å²) in [5, 5.41) is 4.27. The van der Waals surface area contributed by atoms with Gasteiger partial charge in [0.05, 0.1) is 22.7 Å². The van der Waals surface area contributed by atoms with Gasteiger partial charge in [-0.3, -0.25) is 4.79 Å². The highest BCUT2D eigenvalue weighted by Crippen LogP contribution is 2.30. The van der Waals surface area contributed by atoms with Crippen LogP contribution < -0.4 is 5.32 Å². The fourth-order valence-electron chi connectivity index (χ4n) is 2.19. The molecule has 0 saturated carbocycles. The van der Waals surface area contributed by atoms with Crippen molar-refractivity contribution >= 4 is 45.7 Å². The lowest BCUT2D eigenvalue weighted by atomic mass is 10.2. The first kappa shape index (κ1) is 15.1. The average Bonchev–Trinajstić information content (AvgIpc) is 2.87. The molecule has 0 bridgehead atoms. The van der Waals surface area contributed by atoms with Crippen LogP contribution in [0.4, 0.5) is 11.4 Å². The third-order valence-corrected chi connectivity index (χ3v) is 4.37. The van der Waals surface area contributed by atoms with Gasteiger partial charge in [-0.25, -0.2) is 9.98 Å². The SMILES string of the molecule is Cc1cccc(NC(=O)CSC2=Nc3cnc(Cl)cc3C2)c1. The highest BCUT2D eigenvalue weighted by atomic mass is 35.5. The van der Waals surface area contributed by atoms with Crippen LogP contribution >= 0.6 is 23.4 Å². The quantitative estimate of drug-likeness (QED) is 0.865. The molecule has 2 heterocycles. The van der Waals surface area contributed by atoms with Crippen molar-refractivity contribution in [1.82, 2.24) is 4.98 Å². The molecule has 2 aromatic rings. The lowest BCUT2D eigenvalue weighted by Crippen LogP contribution is -2.15. The molecule has 0 atom stereocenters. The normalized spacial score (nSPS) is 12.7. The summed E-state index contributed by atoms with van der Waals surface area (Å²) in [4.78, 5) is 20.5. The zero-order chi connectivity index (χ0) is 15.5. The number of benzene rings is 1. The molecule has 1 aliphatic rings. The van der Waals surface area contributed by atoms with Crippen LogP contribution in [0, 0.1) is 6.92 Å². The van der Waals surface area contributed by atoms with Gasteiger partial charge in [-0.05, 0) is 36.2 Å². The summed E-state index contributed by atoms with van der Waals surface area (Å²) in [6, 6.07) is 9.56. The Bertz CT molecular complexity index is 761. The smallest absolute Gasteiger partial charge is 0.234 e. The summed E-state index contributed by atoms with van der Waals surface area (Å²) in [5.74, 6) is 0.299. The van der Waals surface area contributed by atoms with Gasteiger partial charge in [-0.15, -0.1) is 11.8 Å². The van der Waals surface area contributed by atoms with E-state index in [1.807, 2.05) is 37.3 Å². The first-order valence-electron chi connectivity index (χ1n) is 6.81. The number of carbonyl (C=O) groups is 1. The second kappa shape index (κ2) is 6.50. The monoisotopic (exact) mass is 331 g/mol. The number of hydrogen-bond donors (Lipinski definition) is 1. The number of fused-ring (bicyclic) bond motifs is 1. The molecule has 1 aromatic heterocycles. The first-order chi connectivity index (χ1) is 10.6. The van der Waals surface area contributed by atoms with Gasteiger partial charge in [0.2, 0.25) is 5.91 Å². The van der Waals surface area contributed by atoms with Crippen LogP contribution in [0.15, 0.2) is 41.5 Å². The van der Waals surface area contributed by atoms with E-state index in [4.69, 9.17) is 11.6 Å². The third-order valence-electron chi connectivity index (χ3n) is 3.19. The minimum absolute atomic E-state index is 0.0367. The summed E-state index contributed by atoms with van der Waals surface area (Å²) >= 11 is 7.31. The molecule has 22 heavy (non-hydrogen) atoms. The molecule has 0 unspecified atom stereocenters. The molecule has 1 aromatic carbocycles. The van der Waals surface area contributed by atoms with E-state index in [0.717, 1.165) is 27.5 Å². The number of pyridine rings is 1. The van der Waals surface area contributed by atoms with E-state index in [2.05, 4.69) is 15.3 Å². The van der Waals surface area contributed by atoms with E-state index < -0.39 is 0 Å². The van der Waals surface area contributed by atoms with E-state index in [0.29, 0.717) is 17.3 Å². The number of thioether (sulfide) groups is 1. The lowest BCUT2D eigenvalue weighted by molar-refractivity contribution is -0.113. The van der Waals surface area contributed by atoms with Crippen molar-refractivity contribution in [2.45, 2.75) is 13.3 Å². The first-order valence-corrected chi connectivity index (χ1v) is 8.18. The highest BCUT2D eigenvalue weighted by molar-refractivity contribution is 8.14. The predicted octanol–water partition coefficient (Wildman–Crippen LogP) is 4.00. The van der Waals surface area contributed by atoms with Gasteiger partial charge in [0.1, 0.15) is 5.15 Å². The van der Waals surface area contributed by atoms with Crippen LogP contribution in [-0.2, 0) is 11.2 Å². The molecule has 0 saturated heterocycles. The second-order valence-corrected chi connectivity index (χ2v) is 6.46. The van der Waals surface area contributed by atoms with Crippen molar-refractivity contribution < 1.29 is 4.79 Å². The number of aryl methyl sites for hydroxylation is 1.